The van der Waals surface area contributed by atoms with E-state index in [4.69, 9.17) is 9.84 Å². The van der Waals surface area contributed by atoms with Crippen molar-refractivity contribution < 1.29 is 19.4 Å². The molecule has 0 bridgehead atoms. The molecule has 0 aliphatic carbocycles. The molecule has 1 aliphatic rings. The smallest absolute Gasteiger partial charge is 0.303 e. The largest absolute Gasteiger partial charge is 0.497 e. The summed E-state index contributed by atoms with van der Waals surface area (Å²) < 4.78 is 5.11. The molecule has 1 unspecified atom stereocenters. The first-order valence-corrected chi connectivity index (χ1v) is 7.73. The van der Waals surface area contributed by atoms with Crippen LogP contribution in [0.4, 0.5) is 0 Å². The summed E-state index contributed by atoms with van der Waals surface area (Å²) in [6.45, 7) is 1.59. The minimum atomic E-state index is -0.882. The van der Waals surface area contributed by atoms with Crippen LogP contribution in [-0.2, 0) is 9.59 Å². The van der Waals surface area contributed by atoms with Gasteiger partial charge >= 0.3 is 5.97 Å². The number of aliphatic carboxylic acids is 1. The minimum Gasteiger partial charge on any atom is -0.497 e. The molecule has 1 atom stereocenters. The maximum Gasteiger partial charge on any atom is 0.303 e. The Balaban J connectivity index is 2.07. The number of likely N-dealkylation sites (tertiary alicyclic amines) is 1. The molecule has 22 heavy (non-hydrogen) atoms. The predicted octanol–water partition coefficient (Wildman–Crippen LogP) is 2.66. The molecule has 2 rings (SSSR count). The number of carboxylic acids is 1. The molecule has 1 amide bonds. The zero-order valence-corrected chi connectivity index (χ0v) is 13.0. The lowest BCUT2D eigenvalue weighted by Gasteiger charge is -2.28. The van der Waals surface area contributed by atoms with Crippen LogP contribution in [0.5, 0.6) is 5.75 Å². The fourth-order valence-corrected chi connectivity index (χ4v) is 2.88. The molecular formula is C17H23NO4. The van der Waals surface area contributed by atoms with Gasteiger partial charge in [0.25, 0.3) is 0 Å². The molecule has 1 N–H and O–H groups in total. The van der Waals surface area contributed by atoms with Gasteiger partial charge in [-0.1, -0.05) is 12.1 Å². The van der Waals surface area contributed by atoms with Crippen LogP contribution in [0.2, 0.25) is 0 Å². The highest BCUT2D eigenvalue weighted by Crippen LogP contribution is 2.27. The van der Waals surface area contributed by atoms with Crippen molar-refractivity contribution in [3.63, 3.8) is 0 Å². The third kappa shape index (κ3) is 4.48. The number of carboxylic acid groups (broad SMARTS) is 1. The Labute approximate surface area is 130 Å². The van der Waals surface area contributed by atoms with Crippen molar-refractivity contribution in [2.75, 3.05) is 20.2 Å². The minimum absolute atomic E-state index is 0.0358. The molecule has 1 saturated heterocycles. The Kier molecular flexibility index (Phi) is 5.81. The van der Waals surface area contributed by atoms with Gasteiger partial charge in [0.15, 0.2) is 0 Å². The number of methoxy groups -OCH3 is 1. The van der Waals surface area contributed by atoms with E-state index in [1.165, 1.54) is 6.42 Å². The Morgan fingerprint density at radius 2 is 1.77 bits per heavy atom. The number of piperidine rings is 1. The molecule has 0 saturated carbocycles. The molecule has 0 radical (unpaired) electrons. The van der Waals surface area contributed by atoms with Crippen LogP contribution in [0.15, 0.2) is 24.3 Å². The summed E-state index contributed by atoms with van der Waals surface area (Å²) in [5.74, 6) is -0.396. The Hall–Kier alpha value is -2.04. The third-order valence-electron chi connectivity index (χ3n) is 4.14. The summed E-state index contributed by atoms with van der Waals surface area (Å²) in [6, 6.07) is 7.29. The first-order valence-electron chi connectivity index (χ1n) is 7.73. The second kappa shape index (κ2) is 7.82. The topological polar surface area (TPSA) is 66.8 Å². The molecule has 1 fully saturated rings. The van der Waals surface area contributed by atoms with E-state index in [-0.39, 0.29) is 24.7 Å². The molecule has 1 aromatic rings. The normalized spacial score (nSPS) is 16.1. The first kappa shape index (κ1) is 16.3. The highest BCUT2D eigenvalue weighted by Gasteiger charge is 2.23. The van der Waals surface area contributed by atoms with Crippen molar-refractivity contribution in [2.45, 2.75) is 38.0 Å². The molecule has 1 aliphatic heterocycles. The number of benzene rings is 1. The Morgan fingerprint density at radius 1 is 1.14 bits per heavy atom. The van der Waals surface area contributed by atoms with Crippen molar-refractivity contribution in [3.05, 3.63) is 29.8 Å². The molecule has 120 valence electrons. The van der Waals surface area contributed by atoms with Gasteiger partial charge in [-0.25, -0.2) is 0 Å². The van der Waals surface area contributed by atoms with Gasteiger partial charge < -0.3 is 14.7 Å². The molecule has 5 nitrogen and oxygen atoms in total. The lowest BCUT2D eigenvalue weighted by Crippen LogP contribution is -2.36. The van der Waals surface area contributed by atoms with Gasteiger partial charge in [-0.3, -0.25) is 9.59 Å². The SMILES string of the molecule is COc1ccc(C(CC(=O)O)CC(=O)N2CCCCC2)cc1. The lowest BCUT2D eigenvalue weighted by atomic mass is 9.91. The number of rotatable bonds is 6. The van der Waals surface area contributed by atoms with Crippen LogP contribution in [0, 0.1) is 0 Å². The quantitative estimate of drug-likeness (QED) is 0.877. The summed E-state index contributed by atoms with van der Waals surface area (Å²) in [6.07, 6.45) is 3.46. The number of hydrogen-bond acceptors (Lipinski definition) is 3. The van der Waals surface area contributed by atoms with Crippen LogP contribution >= 0.6 is 0 Å². The van der Waals surface area contributed by atoms with Crippen molar-refractivity contribution in [3.8, 4) is 5.75 Å². The summed E-state index contributed by atoms with van der Waals surface area (Å²) >= 11 is 0. The van der Waals surface area contributed by atoms with Crippen LogP contribution < -0.4 is 4.74 Å². The van der Waals surface area contributed by atoms with Gasteiger partial charge in [0, 0.05) is 25.4 Å². The highest BCUT2D eigenvalue weighted by atomic mass is 16.5. The van der Waals surface area contributed by atoms with Crippen LogP contribution in [0.1, 0.15) is 43.6 Å². The average molecular weight is 305 g/mol. The molecule has 1 heterocycles. The number of ether oxygens (including phenoxy) is 1. The van der Waals surface area contributed by atoms with E-state index in [2.05, 4.69) is 0 Å². The van der Waals surface area contributed by atoms with E-state index in [1.54, 1.807) is 19.2 Å². The monoisotopic (exact) mass is 305 g/mol. The molecule has 5 heteroatoms. The van der Waals surface area contributed by atoms with Gasteiger partial charge in [0.05, 0.1) is 13.5 Å². The predicted molar refractivity (Wildman–Crippen MR) is 83.0 cm³/mol. The van der Waals surface area contributed by atoms with Gasteiger partial charge in [-0.2, -0.15) is 0 Å². The summed E-state index contributed by atoms with van der Waals surface area (Å²) in [4.78, 5) is 25.4. The summed E-state index contributed by atoms with van der Waals surface area (Å²) in [5, 5.41) is 9.12. The number of nitrogens with zero attached hydrogens (tertiary/aromatic N) is 1. The molecule has 1 aromatic carbocycles. The van der Waals surface area contributed by atoms with E-state index in [1.807, 2.05) is 17.0 Å². The average Bonchev–Trinajstić information content (AvgIpc) is 2.54. The second-order valence-electron chi connectivity index (χ2n) is 5.71. The summed E-state index contributed by atoms with van der Waals surface area (Å²) in [7, 11) is 1.59. The van der Waals surface area contributed by atoms with Crippen molar-refractivity contribution >= 4 is 11.9 Å². The maximum atomic E-state index is 12.4. The second-order valence-corrected chi connectivity index (χ2v) is 5.71. The standard InChI is InChI=1S/C17H23NO4/c1-22-15-7-5-13(6-8-15)14(12-17(20)21)11-16(19)18-9-3-2-4-10-18/h5-8,14H,2-4,9-12H2,1H3,(H,20,21). The van der Waals surface area contributed by atoms with E-state index >= 15 is 0 Å². The number of carbonyl (C=O) groups is 2. The number of amides is 1. The summed E-state index contributed by atoms with van der Waals surface area (Å²) in [5.41, 5.74) is 0.869. The van der Waals surface area contributed by atoms with Crippen molar-refractivity contribution in [1.82, 2.24) is 4.90 Å². The fourth-order valence-electron chi connectivity index (χ4n) is 2.88. The van der Waals surface area contributed by atoms with Crippen LogP contribution in [-0.4, -0.2) is 42.1 Å². The highest BCUT2D eigenvalue weighted by molar-refractivity contribution is 5.78. The zero-order valence-electron chi connectivity index (χ0n) is 13.0. The van der Waals surface area contributed by atoms with E-state index in [0.717, 1.165) is 37.2 Å². The molecule has 0 aromatic heterocycles. The lowest BCUT2D eigenvalue weighted by molar-refractivity contribution is -0.138. The van der Waals surface area contributed by atoms with Gasteiger partial charge in [-0.05, 0) is 37.0 Å². The Morgan fingerprint density at radius 3 is 2.32 bits per heavy atom. The third-order valence-corrected chi connectivity index (χ3v) is 4.14. The number of carbonyl (C=O) groups excluding carboxylic acids is 1. The zero-order chi connectivity index (χ0) is 15.9. The molecular weight excluding hydrogens is 282 g/mol. The van der Waals surface area contributed by atoms with Crippen molar-refractivity contribution in [2.24, 2.45) is 0 Å². The van der Waals surface area contributed by atoms with Crippen LogP contribution in [0.3, 0.4) is 0 Å². The van der Waals surface area contributed by atoms with Gasteiger partial charge in [-0.15, -0.1) is 0 Å². The Bertz CT molecular complexity index is 506. The maximum absolute atomic E-state index is 12.4. The number of hydrogen-bond donors (Lipinski definition) is 1. The van der Waals surface area contributed by atoms with E-state index in [9.17, 15) is 9.59 Å². The van der Waals surface area contributed by atoms with Crippen LogP contribution in [0.25, 0.3) is 0 Å². The van der Waals surface area contributed by atoms with Gasteiger partial charge in [0.1, 0.15) is 5.75 Å². The van der Waals surface area contributed by atoms with Gasteiger partial charge in [0.2, 0.25) is 5.91 Å². The van der Waals surface area contributed by atoms with E-state index in [0.29, 0.717) is 0 Å². The first-order chi connectivity index (χ1) is 10.6. The molecule has 0 spiro atoms. The van der Waals surface area contributed by atoms with Crippen molar-refractivity contribution in [1.29, 1.82) is 0 Å². The fraction of sp³-hybridized carbons (Fsp3) is 0.529. The van der Waals surface area contributed by atoms with E-state index < -0.39 is 5.97 Å².